The van der Waals surface area contributed by atoms with E-state index in [-0.39, 0.29) is 36.8 Å². The lowest BCUT2D eigenvalue weighted by molar-refractivity contribution is -0.142. The molecule has 2 unspecified atom stereocenters. The van der Waals surface area contributed by atoms with Crippen molar-refractivity contribution in [3.8, 4) is 0 Å². The normalized spacial score (nSPS) is 27.4. The van der Waals surface area contributed by atoms with Crippen molar-refractivity contribution in [1.29, 1.82) is 0 Å². The van der Waals surface area contributed by atoms with Crippen molar-refractivity contribution in [2.75, 3.05) is 29.5 Å². The van der Waals surface area contributed by atoms with Crippen LogP contribution in [0.25, 0.3) is 0 Å². The van der Waals surface area contributed by atoms with E-state index < -0.39 is 33.4 Å². The van der Waals surface area contributed by atoms with Crippen LogP contribution in [0.15, 0.2) is 73.8 Å². The third kappa shape index (κ3) is 5.44. The predicted molar refractivity (Wildman–Crippen MR) is 183 cm³/mol. The van der Waals surface area contributed by atoms with Gasteiger partial charge in [-0.05, 0) is 69.2 Å². The SMILES string of the molecule is C=CCN(C(=O)[C@@H]1[C@H]2C(=O)N([C@@H](CO)CC(C)C)C(C(=O)N(CC=C)c3c(C)cccc3C)C23CC[C@@]1(C)S3)c1ccccc1. The van der Waals surface area contributed by atoms with Gasteiger partial charge in [0.25, 0.3) is 5.91 Å². The molecule has 6 atom stereocenters. The average molecular weight is 630 g/mol. The molecular formula is C37H47N3O4S. The van der Waals surface area contributed by atoms with Gasteiger partial charge in [0.05, 0.1) is 29.2 Å². The first-order valence-corrected chi connectivity index (χ1v) is 16.9. The highest BCUT2D eigenvalue weighted by atomic mass is 32.2. The van der Waals surface area contributed by atoms with Gasteiger partial charge in [0.15, 0.2) is 0 Å². The minimum atomic E-state index is -0.834. The van der Waals surface area contributed by atoms with Crippen LogP contribution in [0.3, 0.4) is 0 Å². The molecule has 1 spiro atoms. The van der Waals surface area contributed by atoms with Crippen LogP contribution in [0.4, 0.5) is 11.4 Å². The summed E-state index contributed by atoms with van der Waals surface area (Å²) in [5.41, 5.74) is 3.49. The van der Waals surface area contributed by atoms with Crippen LogP contribution in [-0.4, -0.2) is 69.0 Å². The molecule has 2 aromatic carbocycles. The Morgan fingerprint density at radius 3 is 2.20 bits per heavy atom. The van der Waals surface area contributed by atoms with E-state index in [1.165, 1.54) is 0 Å². The van der Waals surface area contributed by atoms with Crippen LogP contribution in [-0.2, 0) is 14.4 Å². The third-order valence-corrected chi connectivity index (χ3v) is 12.0. The first-order valence-electron chi connectivity index (χ1n) is 16.0. The Morgan fingerprint density at radius 1 is 1.00 bits per heavy atom. The number of hydrogen-bond donors (Lipinski definition) is 1. The minimum Gasteiger partial charge on any atom is -0.394 e. The monoisotopic (exact) mass is 629 g/mol. The number of anilines is 2. The van der Waals surface area contributed by atoms with Crippen LogP contribution < -0.4 is 9.80 Å². The summed E-state index contributed by atoms with van der Waals surface area (Å²) in [4.78, 5) is 49.9. The van der Waals surface area contributed by atoms with Crippen molar-refractivity contribution in [3.63, 3.8) is 0 Å². The molecule has 3 aliphatic rings. The standard InChI is InChI=1S/C37H47N3O4S/c1-8-20-38(27-16-11-10-12-17-27)33(42)29-30-34(43)40(28(23-41)22-24(3)4)32(37(30)19-18-36(29,7)45-37)35(44)39(21-9-2)31-25(5)14-13-15-26(31)6/h8-17,24,28-30,32,41H,1-2,18-23H2,3-7H3/t28-,29+,30+,32?,36-,37?/m1/s1. The zero-order valence-electron chi connectivity index (χ0n) is 27.2. The van der Waals surface area contributed by atoms with Crippen LogP contribution >= 0.6 is 11.8 Å². The van der Waals surface area contributed by atoms with Gasteiger partial charge < -0.3 is 19.8 Å². The van der Waals surface area contributed by atoms with E-state index in [1.54, 1.807) is 38.6 Å². The van der Waals surface area contributed by atoms with E-state index in [9.17, 15) is 14.7 Å². The number of aryl methyl sites for hydroxylation is 2. The first kappa shape index (κ1) is 33.0. The smallest absolute Gasteiger partial charge is 0.251 e. The predicted octanol–water partition coefficient (Wildman–Crippen LogP) is 5.93. The van der Waals surface area contributed by atoms with Crippen molar-refractivity contribution in [3.05, 3.63) is 85.0 Å². The fourth-order valence-corrected chi connectivity index (χ4v) is 10.6. The number of thioether (sulfide) groups is 1. The second kappa shape index (κ2) is 12.8. The number of rotatable bonds is 12. The fraction of sp³-hybridized carbons (Fsp3) is 0.486. The molecule has 45 heavy (non-hydrogen) atoms. The van der Waals surface area contributed by atoms with Gasteiger partial charge in [-0.25, -0.2) is 0 Å². The molecule has 3 amide bonds. The van der Waals surface area contributed by atoms with Gasteiger partial charge in [-0.1, -0.05) is 62.4 Å². The summed E-state index contributed by atoms with van der Waals surface area (Å²) in [6.07, 6.45) is 5.33. The van der Waals surface area contributed by atoms with Gasteiger partial charge in [0, 0.05) is 29.2 Å². The highest BCUT2D eigenvalue weighted by Crippen LogP contribution is 2.72. The Balaban J connectivity index is 1.66. The Morgan fingerprint density at radius 2 is 1.62 bits per heavy atom. The number of benzene rings is 2. The van der Waals surface area contributed by atoms with Crippen molar-refractivity contribution < 1.29 is 19.5 Å². The number of amides is 3. The molecule has 0 aliphatic carbocycles. The third-order valence-electron chi connectivity index (χ3n) is 9.99. The van der Waals surface area contributed by atoms with E-state index in [4.69, 9.17) is 0 Å². The summed E-state index contributed by atoms with van der Waals surface area (Å²) >= 11 is 1.66. The molecule has 240 valence electrons. The van der Waals surface area contributed by atoms with Crippen LogP contribution in [0.1, 0.15) is 51.2 Å². The highest BCUT2D eigenvalue weighted by molar-refractivity contribution is 8.02. The zero-order chi connectivity index (χ0) is 32.7. The maximum absolute atomic E-state index is 15.1. The molecule has 2 bridgehead atoms. The summed E-state index contributed by atoms with van der Waals surface area (Å²) in [5, 5.41) is 10.7. The van der Waals surface area contributed by atoms with Gasteiger partial charge in [0.2, 0.25) is 11.8 Å². The lowest BCUT2D eigenvalue weighted by Gasteiger charge is -2.40. The topological polar surface area (TPSA) is 81.2 Å². The van der Waals surface area contributed by atoms with Crippen LogP contribution in [0.5, 0.6) is 0 Å². The number of nitrogens with zero attached hydrogens (tertiary/aromatic N) is 3. The number of aliphatic hydroxyl groups is 1. The summed E-state index contributed by atoms with van der Waals surface area (Å²) < 4.78 is -1.33. The molecule has 8 heteroatoms. The van der Waals surface area contributed by atoms with E-state index in [1.807, 2.05) is 62.4 Å². The molecule has 3 fully saturated rings. The number of carbonyl (C=O) groups is 3. The largest absolute Gasteiger partial charge is 0.394 e. The summed E-state index contributed by atoms with van der Waals surface area (Å²) in [6, 6.07) is 14.1. The van der Waals surface area contributed by atoms with E-state index in [2.05, 4.69) is 33.9 Å². The quantitative estimate of drug-likeness (QED) is 0.295. The Kier molecular flexibility index (Phi) is 9.39. The van der Waals surface area contributed by atoms with E-state index in [0.29, 0.717) is 25.8 Å². The summed E-state index contributed by atoms with van der Waals surface area (Å²) in [5.74, 6) is -1.63. The maximum atomic E-state index is 15.1. The van der Waals surface area contributed by atoms with Gasteiger partial charge >= 0.3 is 0 Å². The van der Waals surface area contributed by atoms with Crippen molar-refractivity contribution >= 4 is 40.9 Å². The molecule has 3 heterocycles. The molecule has 3 saturated heterocycles. The number of hydrogen-bond acceptors (Lipinski definition) is 5. The molecule has 2 aromatic rings. The molecule has 5 rings (SSSR count). The molecule has 0 aromatic heterocycles. The summed E-state index contributed by atoms with van der Waals surface area (Å²) in [6.45, 7) is 18.4. The number of likely N-dealkylation sites (tertiary alicyclic amines) is 1. The molecular weight excluding hydrogens is 582 g/mol. The van der Waals surface area contributed by atoms with E-state index in [0.717, 1.165) is 22.5 Å². The fourth-order valence-electron chi connectivity index (χ4n) is 8.26. The lowest BCUT2D eigenvalue weighted by atomic mass is 9.66. The second-order valence-electron chi connectivity index (χ2n) is 13.5. The Hall–Kier alpha value is -3.36. The molecule has 7 nitrogen and oxygen atoms in total. The maximum Gasteiger partial charge on any atom is 0.251 e. The van der Waals surface area contributed by atoms with E-state index >= 15 is 4.79 Å². The molecule has 0 radical (unpaired) electrons. The van der Waals surface area contributed by atoms with Crippen LogP contribution in [0.2, 0.25) is 0 Å². The number of aliphatic hydroxyl groups excluding tert-OH is 1. The number of para-hydroxylation sites is 2. The highest BCUT2D eigenvalue weighted by Gasteiger charge is 2.78. The zero-order valence-corrected chi connectivity index (χ0v) is 28.1. The first-order chi connectivity index (χ1) is 21.5. The summed E-state index contributed by atoms with van der Waals surface area (Å²) in [7, 11) is 0. The van der Waals surface area contributed by atoms with Gasteiger partial charge in [-0.2, -0.15) is 0 Å². The van der Waals surface area contributed by atoms with Crippen molar-refractivity contribution in [2.45, 2.75) is 75.5 Å². The van der Waals surface area contributed by atoms with Crippen molar-refractivity contribution in [2.24, 2.45) is 17.8 Å². The Bertz CT molecular complexity index is 1460. The molecule has 1 N–H and O–H groups in total. The molecule has 3 aliphatic heterocycles. The van der Waals surface area contributed by atoms with Crippen LogP contribution in [0, 0.1) is 31.6 Å². The van der Waals surface area contributed by atoms with Gasteiger partial charge in [0.1, 0.15) is 6.04 Å². The van der Waals surface area contributed by atoms with Gasteiger partial charge in [-0.3, -0.25) is 14.4 Å². The van der Waals surface area contributed by atoms with Gasteiger partial charge in [-0.15, -0.1) is 24.9 Å². The Labute approximate surface area is 272 Å². The second-order valence-corrected chi connectivity index (χ2v) is 15.4. The molecule has 0 saturated carbocycles. The average Bonchev–Trinajstić information content (AvgIpc) is 3.58. The minimum absolute atomic E-state index is 0.119. The lowest BCUT2D eigenvalue weighted by Crippen LogP contribution is -2.58. The van der Waals surface area contributed by atoms with Crippen molar-refractivity contribution in [1.82, 2.24) is 4.90 Å². The number of fused-ring (bicyclic) bond motifs is 1. The number of carbonyl (C=O) groups excluding carboxylic acids is 3.